The summed E-state index contributed by atoms with van der Waals surface area (Å²) in [4.78, 5) is 0. The molecule has 3 aromatic rings. The summed E-state index contributed by atoms with van der Waals surface area (Å²) in [5.41, 5.74) is 3.90. The summed E-state index contributed by atoms with van der Waals surface area (Å²) in [7, 11) is 2.13. The minimum atomic E-state index is 1.28. The van der Waals surface area contributed by atoms with E-state index in [9.17, 15) is 0 Å². The highest BCUT2D eigenvalue weighted by atomic mass is 14.9. The van der Waals surface area contributed by atoms with Crippen LogP contribution in [0, 0.1) is 6.92 Å². The summed E-state index contributed by atoms with van der Waals surface area (Å²) in [6.45, 7) is 2.16. The SMILES string of the molecule is Cc1cccc2c1cc1ccccc1[n+]2C. The lowest BCUT2D eigenvalue weighted by Crippen LogP contribution is -2.30. The molecule has 0 radical (unpaired) electrons. The predicted molar refractivity (Wildman–Crippen MR) is 67.4 cm³/mol. The molecule has 0 N–H and O–H groups in total. The first kappa shape index (κ1) is 9.34. The average Bonchev–Trinajstić information content (AvgIpc) is 2.31. The normalized spacial score (nSPS) is 11.1. The lowest BCUT2D eigenvalue weighted by atomic mass is 10.1. The maximum atomic E-state index is 2.28. The number of aryl methyl sites for hydroxylation is 2. The second-order valence-corrected chi connectivity index (χ2v) is 4.27. The van der Waals surface area contributed by atoms with Gasteiger partial charge in [-0.1, -0.05) is 24.3 Å². The molecule has 1 heterocycles. The van der Waals surface area contributed by atoms with Gasteiger partial charge >= 0.3 is 0 Å². The van der Waals surface area contributed by atoms with Crippen LogP contribution >= 0.6 is 0 Å². The monoisotopic (exact) mass is 208 g/mol. The minimum absolute atomic E-state index is 1.28. The molecule has 0 saturated carbocycles. The molecule has 0 bridgehead atoms. The van der Waals surface area contributed by atoms with Gasteiger partial charge in [-0.3, -0.25) is 0 Å². The average molecular weight is 208 g/mol. The fourth-order valence-electron chi connectivity index (χ4n) is 2.35. The van der Waals surface area contributed by atoms with E-state index in [0.717, 1.165) is 0 Å². The van der Waals surface area contributed by atoms with E-state index in [2.05, 4.69) is 67.1 Å². The van der Waals surface area contributed by atoms with Crippen molar-refractivity contribution in [2.24, 2.45) is 7.05 Å². The van der Waals surface area contributed by atoms with Crippen molar-refractivity contribution in [3.05, 3.63) is 54.1 Å². The third-order valence-electron chi connectivity index (χ3n) is 3.26. The number of hydrogen-bond acceptors (Lipinski definition) is 0. The molecule has 1 aromatic heterocycles. The summed E-state index contributed by atoms with van der Waals surface area (Å²) in [5.74, 6) is 0. The molecule has 0 aliphatic heterocycles. The third-order valence-corrected chi connectivity index (χ3v) is 3.26. The standard InChI is InChI=1S/C15H14N/c1-11-6-5-9-15-13(11)10-12-7-3-4-8-14(12)16(15)2/h3-10H,1-2H3/q+1. The van der Waals surface area contributed by atoms with Gasteiger partial charge in [0.15, 0.2) is 0 Å². The number of fused-ring (bicyclic) bond motifs is 2. The van der Waals surface area contributed by atoms with Gasteiger partial charge in [0.1, 0.15) is 7.05 Å². The highest BCUT2D eigenvalue weighted by molar-refractivity contribution is 5.90. The van der Waals surface area contributed by atoms with Crippen molar-refractivity contribution in [3.8, 4) is 0 Å². The van der Waals surface area contributed by atoms with Crippen LogP contribution in [-0.4, -0.2) is 0 Å². The molecule has 0 spiro atoms. The van der Waals surface area contributed by atoms with Crippen molar-refractivity contribution in [2.45, 2.75) is 6.92 Å². The zero-order valence-corrected chi connectivity index (χ0v) is 9.57. The molecule has 0 fully saturated rings. The van der Waals surface area contributed by atoms with Gasteiger partial charge in [0.2, 0.25) is 11.0 Å². The number of nitrogens with zero attached hydrogens (tertiary/aromatic N) is 1. The smallest absolute Gasteiger partial charge is 0.194 e. The Labute approximate surface area is 95.0 Å². The molecule has 2 aromatic carbocycles. The van der Waals surface area contributed by atoms with Gasteiger partial charge < -0.3 is 0 Å². The molecule has 0 aliphatic carbocycles. The quantitative estimate of drug-likeness (QED) is 0.395. The maximum absolute atomic E-state index is 2.28. The van der Waals surface area contributed by atoms with Crippen molar-refractivity contribution in [1.82, 2.24) is 0 Å². The van der Waals surface area contributed by atoms with Crippen molar-refractivity contribution in [2.75, 3.05) is 0 Å². The number of benzene rings is 2. The van der Waals surface area contributed by atoms with E-state index in [-0.39, 0.29) is 0 Å². The molecule has 0 saturated heterocycles. The zero-order valence-electron chi connectivity index (χ0n) is 9.57. The van der Waals surface area contributed by atoms with E-state index in [1.165, 1.54) is 27.4 Å². The van der Waals surface area contributed by atoms with Crippen LogP contribution in [-0.2, 0) is 7.05 Å². The van der Waals surface area contributed by atoms with Crippen LogP contribution in [0.1, 0.15) is 5.56 Å². The molecule has 1 nitrogen and oxygen atoms in total. The van der Waals surface area contributed by atoms with E-state index in [1.54, 1.807) is 0 Å². The fourth-order valence-corrected chi connectivity index (χ4v) is 2.35. The summed E-state index contributed by atoms with van der Waals surface area (Å²) in [6.07, 6.45) is 0. The number of aromatic nitrogens is 1. The summed E-state index contributed by atoms with van der Waals surface area (Å²) >= 11 is 0. The van der Waals surface area contributed by atoms with E-state index in [0.29, 0.717) is 0 Å². The number of para-hydroxylation sites is 1. The first-order chi connectivity index (χ1) is 7.77. The molecule has 0 amide bonds. The van der Waals surface area contributed by atoms with Gasteiger partial charge in [-0.25, -0.2) is 0 Å². The van der Waals surface area contributed by atoms with Gasteiger partial charge in [0.25, 0.3) is 0 Å². The van der Waals surface area contributed by atoms with Crippen molar-refractivity contribution < 1.29 is 4.57 Å². The van der Waals surface area contributed by atoms with E-state index in [1.807, 2.05) is 0 Å². The van der Waals surface area contributed by atoms with Gasteiger partial charge in [-0.2, -0.15) is 4.57 Å². The number of pyridine rings is 1. The van der Waals surface area contributed by atoms with Gasteiger partial charge in [-0.05, 0) is 24.6 Å². The Morgan fingerprint density at radius 2 is 1.62 bits per heavy atom. The predicted octanol–water partition coefficient (Wildman–Crippen LogP) is 3.13. The fraction of sp³-hybridized carbons (Fsp3) is 0.133. The van der Waals surface area contributed by atoms with Gasteiger partial charge in [-0.15, -0.1) is 0 Å². The number of rotatable bonds is 0. The van der Waals surface area contributed by atoms with Crippen molar-refractivity contribution >= 4 is 21.8 Å². The summed E-state index contributed by atoms with van der Waals surface area (Å²) in [5, 5.41) is 2.63. The van der Waals surface area contributed by atoms with Crippen molar-refractivity contribution in [1.29, 1.82) is 0 Å². The molecule has 0 aliphatic rings. The summed E-state index contributed by atoms with van der Waals surface area (Å²) < 4.78 is 2.26. The second kappa shape index (κ2) is 3.31. The molecule has 3 rings (SSSR count). The van der Waals surface area contributed by atoms with Crippen LogP contribution in [0.2, 0.25) is 0 Å². The van der Waals surface area contributed by atoms with Crippen molar-refractivity contribution in [3.63, 3.8) is 0 Å². The van der Waals surface area contributed by atoms with Crippen LogP contribution in [0.4, 0.5) is 0 Å². The van der Waals surface area contributed by atoms with E-state index in [4.69, 9.17) is 0 Å². The molecular formula is C15H14N+. The van der Waals surface area contributed by atoms with Crippen LogP contribution in [0.5, 0.6) is 0 Å². The molecular weight excluding hydrogens is 194 g/mol. The summed E-state index contributed by atoms with van der Waals surface area (Å²) in [6, 6.07) is 17.2. The molecule has 78 valence electrons. The van der Waals surface area contributed by atoms with Crippen LogP contribution < -0.4 is 4.57 Å². The van der Waals surface area contributed by atoms with Crippen LogP contribution in [0.15, 0.2) is 48.5 Å². The topological polar surface area (TPSA) is 3.88 Å². The van der Waals surface area contributed by atoms with E-state index >= 15 is 0 Å². The molecule has 16 heavy (non-hydrogen) atoms. The zero-order chi connectivity index (χ0) is 11.1. The largest absolute Gasteiger partial charge is 0.213 e. The molecule has 0 unspecified atom stereocenters. The van der Waals surface area contributed by atoms with Gasteiger partial charge in [0, 0.05) is 22.9 Å². The van der Waals surface area contributed by atoms with Crippen LogP contribution in [0.25, 0.3) is 21.8 Å². The first-order valence-electron chi connectivity index (χ1n) is 5.54. The minimum Gasteiger partial charge on any atom is -0.194 e. The molecule has 1 heteroatoms. The Morgan fingerprint density at radius 3 is 2.50 bits per heavy atom. The third kappa shape index (κ3) is 1.21. The Kier molecular flexibility index (Phi) is 1.93. The lowest BCUT2D eigenvalue weighted by molar-refractivity contribution is -0.617. The Hall–Kier alpha value is -1.89. The Morgan fingerprint density at radius 1 is 0.875 bits per heavy atom. The van der Waals surface area contributed by atoms with E-state index < -0.39 is 0 Å². The Balaban J connectivity index is 2.61. The highest BCUT2D eigenvalue weighted by Crippen LogP contribution is 2.20. The number of hydrogen-bond donors (Lipinski definition) is 0. The maximum Gasteiger partial charge on any atom is 0.213 e. The second-order valence-electron chi connectivity index (χ2n) is 4.27. The Bertz CT molecular complexity index is 683. The first-order valence-corrected chi connectivity index (χ1v) is 5.54. The van der Waals surface area contributed by atoms with Crippen LogP contribution in [0.3, 0.4) is 0 Å². The molecule has 0 atom stereocenters. The highest BCUT2D eigenvalue weighted by Gasteiger charge is 2.11. The van der Waals surface area contributed by atoms with Gasteiger partial charge in [0.05, 0.1) is 0 Å². The lowest BCUT2D eigenvalue weighted by Gasteiger charge is -2.03.